The number of nitrogens with one attached hydrogen (secondary N) is 3. The Bertz CT molecular complexity index is 3390. The van der Waals surface area contributed by atoms with Gasteiger partial charge in [-0.2, -0.15) is 26.3 Å². The molecular weight excluding hydrogens is 885 g/mol. The number of hydrogen-bond acceptors (Lipinski definition) is 4. The Morgan fingerprint density at radius 2 is 0.600 bits per heavy atom. The van der Waals surface area contributed by atoms with E-state index in [2.05, 4.69) is 19.9 Å². The van der Waals surface area contributed by atoms with Crippen molar-refractivity contribution in [3.8, 4) is 87.7 Å². The largest absolute Gasteiger partial charge is 0.475 e. The Hall–Kier alpha value is -8.37. The minimum Gasteiger partial charge on any atom is -0.475 e. The molecule has 0 saturated carbocycles. The van der Waals surface area contributed by atoms with Gasteiger partial charge in [-0.25, -0.2) is 31.3 Å². The molecule has 65 heavy (non-hydrogen) atoms. The fraction of sp³-hybridized carbons (Fsp3) is 0.0652. The van der Waals surface area contributed by atoms with Gasteiger partial charge in [0, 0.05) is 38.8 Å². The Balaban J connectivity index is 1.59. The minimum absolute atomic E-state index is 0.00140. The third kappa shape index (κ3) is 6.96. The number of benzene rings is 3. The van der Waals surface area contributed by atoms with E-state index in [1.54, 1.807) is 0 Å². The van der Waals surface area contributed by atoms with E-state index in [0.717, 1.165) is 36.4 Å². The van der Waals surface area contributed by atoms with Crippen molar-refractivity contribution in [1.29, 1.82) is 0 Å². The van der Waals surface area contributed by atoms with E-state index in [9.17, 15) is 0 Å². The highest BCUT2D eigenvalue weighted by atomic mass is 19.2. The van der Waals surface area contributed by atoms with Gasteiger partial charge in [-0.15, -0.1) is 19.3 Å². The van der Waals surface area contributed by atoms with Crippen LogP contribution in [0.2, 0.25) is 0 Å². The van der Waals surface area contributed by atoms with Crippen LogP contribution in [0.1, 0.15) is 11.4 Å². The number of H-pyrrole nitrogens is 3. The van der Waals surface area contributed by atoms with Gasteiger partial charge in [-0.3, -0.25) is 0 Å². The molecule has 0 atom stereocenters. The molecule has 1 aliphatic rings. The third-order valence-electron chi connectivity index (χ3n) is 9.90. The first-order valence-electron chi connectivity index (χ1n) is 18.3. The molecule has 0 fully saturated rings. The maximum absolute atomic E-state index is 16.3. The van der Waals surface area contributed by atoms with Crippen LogP contribution in [0.15, 0.2) is 36.4 Å². The van der Waals surface area contributed by atoms with Gasteiger partial charge in [0.2, 0.25) is 34.9 Å². The summed E-state index contributed by atoms with van der Waals surface area (Å²) in [7, 11) is 0. The molecule has 0 amide bonds. The second-order valence-corrected chi connectivity index (χ2v) is 13.6. The van der Waals surface area contributed by atoms with Crippen molar-refractivity contribution in [2.75, 3.05) is 19.8 Å². The molecule has 326 valence electrons. The first-order valence-corrected chi connectivity index (χ1v) is 18.3. The number of aromatic amines is 3. The molecular formula is C46H20F12N4O3. The Labute approximate surface area is 356 Å². The van der Waals surface area contributed by atoms with Gasteiger partial charge < -0.3 is 29.2 Å². The van der Waals surface area contributed by atoms with Crippen LogP contribution in [0.3, 0.4) is 0 Å². The second-order valence-electron chi connectivity index (χ2n) is 13.6. The number of rotatable bonds is 9. The van der Waals surface area contributed by atoms with Gasteiger partial charge in [-0.05, 0) is 48.6 Å². The maximum atomic E-state index is 16.3. The highest BCUT2D eigenvalue weighted by molar-refractivity contribution is 6.00. The minimum atomic E-state index is -2.13. The van der Waals surface area contributed by atoms with Crippen LogP contribution in [0, 0.1) is 107 Å². The predicted octanol–water partition coefficient (Wildman–Crippen LogP) is 11.4. The van der Waals surface area contributed by atoms with E-state index in [1.807, 2.05) is 17.8 Å². The number of nitrogens with zero attached hydrogens (tertiary/aromatic N) is 1. The molecule has 0 spiro atoms. The monoisotopic (exact) mass is 904 g/mol. The van der Waals surface area contributed by atoms with E-state index in [-0.39, 0.29) is 22.1 Å². The Kier molecular flexibility index (Phi) is 11.1. The van der Waals surface area contributed by atoms with Gasteiger partial charge in [-0.1, -0.05) is 17.8 Å². The van der Waals surface area contributed by atoms with Crippen LogP contribution in [0.5, 0.6) is 17.2 Å². The standard InChI is InChI=1S/C46H20F12N4O3/c1-4-15-63-44-38(53)32(47)29(33(48)39(44)54)26-20-9-7-18(59-20)19-8-10-21(60-19)27(30-34(49)40(55)45(64-16-5-2)41(56)35(30)50)23-12-14-25(62-23)28(24-13-11-22(26)61-24)31-36(51)42(57)46(65-17-6-3)43(58)37(31)52/h1-3,7-14,59-61H,15-17H2. The summed E-state index contributed by atoms with van der Waals surface area (Å²) >= 11 is 0. The Morgan fingerprint density at radius 3 is 0.892 bits per heavy atom. The van der Waals surface area contributed by atoms with Crippen LogP contribution in [-0.2, 0) is 0 Å². The molecule has 8 rings (SSSR count). The van der Waals surface area contributed by atoms with E-state index >= 15 is 52.7 Å². The van der Waals surface area contributed by atoms with Crippen molar-refractivity contribution in [3.05, 3.63) is 118 Å². The van der Waals surface area contributed by atoms with Gasteiger partial charge in [0.05, 0.1) is 39.1 Å². The van der Waals surface area contributed by atoms with Gasteiger partial charge in [0.1, 0.15) is 19.8 Å². The molecule has 4 aromatic heterocycles. The number of hydrogen-bond donors (Lipinski definition) is 3. The average molecular weight is 905 g/mol. The van der Waals surface area contributed by atoms with Crippen molar-refractivity contribution in [1.82, 2.24) is 19.9 Å². The zero-order valence-corrected chi connectivity index (χ0v) is 32.2. The first kappa shape index (κ1) is 43.3. The van der Waals surface area contributed by atoms with Crippen LogP contribution >= 0.6 is 0 Å². The molecule has 19 heteroatoms. The van der Waals surface area contributed by atoms with Crippen LogP contribution in [-0.4, -0.2) is 39.8 Å². The van der Waals surface area contributed by atoms with Gasteiger partial charge in [0.15, 0.2) is 52.2 Å². The summed E-state index contributed by atoms with van der Waals surface area (Å²) < 4.78 is 205. The predicted molar refractivity (Wildman–Crippen MR) is 214 cm³/mol. The smallest absolute Gasteiger partial charge is 0.204 e. The fourth-order valence-corrected chi connectivity index (χ4v) is 7.15. The normalized spacial score (nSPS) is 11.5. The van der Waals surface area contributed by atoms with Crippen LogP contribution in [0.25, 0.3) is 78.6 Å². The lowest BCUT2D eigenvalue weighted by molar-refractivity contribution is 0.307. The first-order chi connectivity index (χ1) is 31.1. The summed E-state index contributed by atoms with van der Waals surface area (Å²) in [4.78, 5) is 12.4. The van der Waals surface area contributed by atoms with Crippen LogP contribution in [0.4, 0.5) is 52.7 Å². The number of ether oxygens (including phenoxy) is 3. The van der Waals surface area contributed by atoms with E-state index < -0.39 is 163 Å². The topological polar surface area (TPSA) is 87.9 Å². The lowest BCUT2D eigenvalue weighted by Gasteiger charge is -2.13. The molecule has 3 aromatic carbocycles. The quantitative estimate of drug-likeness (QED) is 0.0765. The molecule has 7 nitrogen and oxygen atoms in total. The molecule has 3 N–H and O–H groups in total. The highest BCUT2D eigenvalue weighted by Crippen LogP contribution is 2.44. The molecule has 7 aromatic rings. The molecule has 0 aliphatic carbocycles. The van der Waals surface area contributed by atoms with Gasteiger partial charge in [0.25, 0.3) is 0 Å². The molecule has 0 unspecified atom stereocenters. The number of aromatic nitrogens is 4. The molecule has 0 saturated heterocycles. The summed E-state index contributed by atoms with van der Waals surface area (Å²) in [6.45, 7) is -2.48. The number of halogens is 12. The molecule has 1 aliphatic heterocycles. The van der Waals surface area contributed by atoms with E-state index in [4.69, 9.17) is 33.5 Å². The zero-order chi connectivity index (χ0) is 46.6. The lowest BCUT2D eigenvalue weighted by atomic mass is 10.0. The van der Waals surface area contributed by atoms with Crippen molar-refractivity contribution in [2.24, 2.45) is 0 Å². The highest BCUT2D eigenvalue weighted by Gasteiger charge is 2.34. The zero-order valence-electron chi connectivity index (χ0n) is 32.2. The maximum Gasteiger partial charge on any atom is 0.204 e. The van der Waals surface area contributed by atoms with E-state index in [0.29, 0.717) is 0 Å². The van der Waals surface area contributed by atoms with Crippen molar-refractivity contribution >= 4 is 45.3 Å². The van der Waals surface area contributed by atoms with Gasteiger partial charge >= 0.3 is 0 Å². The average Bonchev–Trinajstić information content (AvgIpc) is 4.15. The molecule has 5 heterocycles. The molecule has 0 radical (unpaired) electrons. The summed E-state index contributed by atoms with van der Waals surface area (Å²) in [5, 5.41) is 0. The lowest BCUT2D eigenvalue weighted by Crippen LogP contribution is -2.07. The second kappa shape index (κ2) is 16.7. The summed E-state index contributed by atoms with van der Waals surface area (Å²) in [5.41, 5.74) is -9.70. The summed E-state index contributed by atoms with van der Waals surface area (Å²) in [5.74, 6) is -23.7. The summed E-state index contributed by atoms with van der Waals surface area (Å²) in [6, 6.07) is 6.78. The Morgan fingerprint density at radius 1 is 0.354 bits per heavy atom. The van der Waals surface area contributed by atoms with Crippen LogP contribution < -0.4 is 14.2 Å². The fourth-order valence-electron chi connectivity index (χ4n) is 7.15. The van der Waals surface area contributed by atoms with E-state index in [1.165, 1.54) is 12.1 Å². The van der Waals surface area contributed by atoms with Crippen molar-refractivity contribution in [3.63, 3.8) is 0 Å². The number of fused-ring (bicyclic) bond motifs is 9. The van der Waals surface area contributed by atoms with Crippen molar-refractivity contribution in [2.45, 2.75) is 0 Å². The third-order valence-corrected chi connectivity index (χ3v) is 9.90. The summed E-state index contributed by atoms with van der Waals surface area (Å²) in [6.07, 6.45) is 17.1. The SMILES string of the molecule is C#CCOc1c(F)c(F)c(-c2c3nc(c(-c4c(F)c(F)c(OCC#C)c(F)c4F)c4ccc([nH]4)c4ccc([nH]4)c(-c4c(F)c(F)c(OCC#C)c(F)c4F)c4ccc2[nH]4)C=C3)c(F)c1F. The van der Waals surface area contributed by atoms with Crippen molar-refractivity contribution < 1.29 is 66.9 Å². The molecule has 8 bridgehead atoms. The number of terminal acetylenes is 3.